The van der Waals surface area contributed by atoms with Crippen molar-refractivity contribution in [2.75, 3.05) is 6.61 Å². The highest BCUT2D eigenvalue weighted by Gasteiger charge is 2.09. The summed E-state index contributed by atoms with van der Waals surface area (Å²) in [6.07, 6.45) is 2.99. The molecule has 0 spiro atoms. The molecule has 0 aromatic carbocycles. The summed E-state index contributed by atoms with van der Waals surface area (Å²) in [5.74, 6) is 0.106. The van der Waals surface area contributed by atoms with Gasteiger partial charge in [-0.15, -0.1) is 0 Å². The standard InChI is InChI=1S/C13H14N4O2/c1-2-19-12-7-11(16-9-17-12)13(18)15-8-10-5-3-4-6-14-10/h3-7,9H,2,8H2,1H3,(H,15,18). The average molecular weight is 258 g/mol. The van der Waals surface area contributed by atoms with Crippen molar-refractivity contribution in [2.24, 2.45) is 0 Å². The minimum absolute atomic E-state index is 0.273. The molecule has 2 heterocycles. The van der Waals surface area contributed by atoms with Crippen molar-refractivity contribution >= 4 is 5.91 Å². The number of hydrogen-bond acceptors (Lipinski definition) is 5. The number of nitrogens with zero attached hydrogens (tertiary/aromatic N) is 3. The fourth-order valence-electron chi connectivity index (χ4n) is 1.45. The van der Waals surface area contributed by atoms with E-state index in [4.69, 9.17) is 4.74 Å². The quantitative estimate of drug-likeness (QED) is 0.872. The Bertz CT molecular complexity index is 545. The Kier molecular flexibility index (Phi) is 4.39. The number of hydrogen-bond donors (Lipinski definition) is 1. The summed E-state index contributed by atoms with van der Waals surface area (Å²) in [5.41, 5.74) is 1.06. The zero-order chi connectivity index (χ0) is 13.5. The zero-order valence-electron chi connectivity index (χ0n) is 10.5. The van der Waals surface area contributed by atoms with Crippen LogP contribution in [0.2, 0.25) is 0 Å². The number of amides is 1. The van der Waals surface area contributed by atoms with Gasteiger partial charge >= 0.3 is 0 Å². The lowest BCUT2D eigenvalue weighted by Crippen LogP contribution is -2.24. The molecule has 0 aliphatic rings. The number of carbonyl (C=O) groups is 1. The molecule has 0 aliphatic carbocycles. The lowest BCUT2D eigenvalue weighted by Gasteiger charge is -2.05. The fourth-order valence-corrected chi connectivity index (χ4v) is 1.45. The number of aromatic nitrogens is 3. The van der Waals surface area contributed by atoms with Crippen molar-refractivity contribution in [3.63, 3.8) is 0 Å². The van der Waals surface area contributed by atoms with Crippen molar-refractivity contribution in [3.8, 4) is 5.88 Å². The Morgan fingerprint density at radius 1 is 1.32 bits per heavy atom. The molecule has 0 saturated carbocycles. The van der Waals surface area contributed by atoms with E-state index in [9.17, 15) is 4.79 Å². The van der Waals surface area contributed by atoms with Crippen molar-refractivity contribution in [3.05, 3.63) is 48.2 Å². The van der Waals surface area contributed by atoms with Crippen LogP contribution in [0.1, 0.15) is 23.1 Å². The first-order valence-corrected chi connectivity index (χ1v) is 5.92. The van der Waals surface area contributed by atoms with E-state index in [1.54, 1.807) is 6.20 Å². The molecule has 0 fully saturated rings. The van der Waals surface area contributed by atoms with Gasteiger partial charge in [-0.3, -0.25) is 9.78 Å². The molecule has 0 aliphatic heterocycles. The van der Waals surface area contributed by atoms with E-state index in [0.717, 1.165) is 5.69 Å². The van der Waals surface area contributed by atoms with Gasteiger partial charge in [-0.25, -0.2) is 9.97 Å². The highest BCUT2D eigenvalue weighted by atomic mass is 16.5. The molecule has 0 radical (unpaired) electrons. The second-order valence-electron chi connectivity index (χ2n) is 3.68. The minimum atomic E-state index is -0.283. The molecule has 1 amide bonds. The molecule has 2 rings (SSSR count). The maximum absolute atomic E-state index is 11.9. The molecule has 0 bridgehead atoms. The van der Waals surface area contributed by atoms with Crippen LogP contribution >= 0.6 is 0 Å². The van der Waals surface area contributed by atoms with Crippen LogP contribution in [0.15, 0.2) is 36.8 Å². The third kappa shape index (κ3) is 3.74. The van der Waals surface area contributed by atoms with Crippen molar-refractivity contribution < 1.29 is 9.53 Å². The molecule has 19 heavy (non-hydrogen) atoms. The Morgan fingerprint density at radius 2 is 2.21 bits per heavy atom. The summed E-state index contributed by atoms with van der Waals surface area (Å²) < 4.78 is 5.22. The van der Waals surface area contributed by atoms with Crippen LogP contribution in [-0.2, 0) is 6.54 Å². The molecule has 0 atom stereocenters. The van der Waals surface area contributed by atoms with Gasteiger partial charge in [-0.1, -0.05) is 6.07 Å². The van der Waals surface area contributed by atoms with Gasteiger partial charge in [0.1, 0.15) is 12.0 Å². The lowest BCUT2D eigenvalue weighted by molar-refractivity contribution is 0.0944. The normalized spacial score (nSPS) is 9.95. The van der Waals surface area contributed by atoms with Crippen LogP contribution in [0.5, 0.6) is 5.88 Å². The van der Waals surface area contributed by atoms with E-state index in [2.05, 4.69) is 20.3 Å². The maximum Gasteiger partial charge on any atom is 0.270 e. The second-order valence-corrected chi connectivity index (χ2v) is 3.68. The van der Waals surface area contributed by atoms with Crippen molar-refractivity contribution in [1.82, 2.24) is 20.3 Å². The number of carbonyl (C=O) groups excluding carboxylic acids is 1. The summed E-state index contributed by atoms with van der Waals surface area (Å²) in [6.45, 7) is 2.70. The predicted octanol–water partition coefficient (Wildman–Crippen LogP) is 1.20. The minimum Gasteiger partial charge on any atom is -0.478 e. The molecule has 6 heteroatoms. The maximum atomic E-state index is 11.9. The molecular weight excluding hydrogens is 244 g/mol. The molecule has 6 nitrogen and oxygen atoms in total. The highest BCUT2D eigenvalue weighted by Crippen LogP contribution is 2.06. The van der Waals surface area contributed by atoms with E-state index in [-0.39, 0.29) is 11.6 Å². The van der Waals surface area contributed by atoms with E-state index in [0.29, 0.717) is 19.0 Å². The van der Waals surface area contributed by atoms with Crippen LogP contribution in [-0.4, -0.2) is 27.5 Å². The fraction of sp³-hybridized carbons (Fsp3) is 0.231. The van der Waals surface area contributed by atoms with Crippen molar-refractivity contribution in [2.45, 2.75) is 13.5 Å². The molecule has 0 unspecified atom stereocenters. The predicted molar refractivity (Wildman–Crippen MR) is 68.6 cm³/mol. The SMILES string of the molecule is CCOc1cc(C(=O)NCc2ccccn2)ncn1. The van der Waals surface area contributed by atoms with Crippen molar-refractivity contribution in [1.29, 1.82) is 0 Å². The van der Waals surface area contributed by atoms with Gasteiger partial charge < -0.3 is 10.1 Å². The molecule has 98 valence electrons. The molecule has 2 aromatic rings. The van der Waals surface area contributed by atoms with E-state index in [1.165, 1.54) is 12.4 Å². The van der Waals surface area contributed by atoms with Crippen LogP contribution in [0, 0.1) is 0 Å². The van der Waals surface area contributed by atoms with Crippen LogP contribution in [0.3, 0.4) is 0 Å². The largest absolute Gasteiger partial charge is 0.478 e. The number of pyridine rings is 1. The first-order chi connectivity index (χ1) is 9.29. The topological polar surface area (TPSA) is 77.0 Å². The first-order valence-electron chi connectivity index (χ1n) is 5.92. The summed E-state index contributed by atoms with van der Waals surface area (Å²) >= 11 is 0. The van der Waals surface area contributed by atoms with E-state index < -0.39 is 0 Å². The van der Waals surface area contributed by atoms with Gasteiger partial charge in [0.15, 0.2) is 0 Å². The average Bonchev–Trinajstić information content (AvgIpc) is 2.46. The zero-order valence-corrected chi connectivity index (χ0v) is 10.5. The third-order valence-electron chi connectivity index (χ3n) is 2.32. The monoisotopic (exact) mass is 258 g/mol. The molecule has 2 aromatic heterocycles. The van der Waals surface area contributed by atoms with Crippen LogP contribution < -0.4 is 10.1 Å². The molecular formula is C13H14N4O2. The summed E-state index contributed by atoms with van der Waals surface area (Å²) in [4.78, 5) is 23.8. The smallest absolute Gasteiger partial charge is 0.270 e. The number of ether oxygens (including phenoxy) is 1. The molecule has 0 saturated heterocycles. The van der Waals surface area contributed by atoms with Crippen LogP contribution in [0.4, 0.5) is 0 Å². The Balaban J connectivity index is 1.98. The van der Waals surface area contributed by atoms with Gasteiger partial charge in [-0.2, -0.15) is 0 Å². The van der Waals surface area contributed by atoms with E-state index in [1.807, 2.05) is 25.1 Å². The summed E-state index contributed by atoms with van der Waals surface area (Å²) in [7, 11) is 0. The van der Waals surface area contributed by atoms with Crippen LogP contribution in [0.25, 0.3) is 0 Å². The van der Waals surface area contributed by atoms with Gasteiger partial charge in [0, 0.05) is 12.3 Å². The highest BCUT2D eigenvalue weighted by molar-refractivity contribution is 5.92. The second kappa shape index (κ2) is 6.44. The lowest BCUT2D eigenvalue weighted by atomic mass is 10.3. The Hall–Kier alpha value is -2.50. The van der Waals surface area contributed by atoms with Gasteiger partial charge in [0.2, 0.25) is 5.88 Å². The first kappa shape index (κ1) is 12.9. The Labute approximate surface area is 110 Å². The Morgan fingerprint density at radius 3 is 2.95 bits per heavy atom. The van der Waals surface area contributed by atoms with Gasteiger partial charge in [0.25, 0.3) is 5.91 Å². The van der Waals surface area contributed by atoms with E-state index >= 15 is 0 Å². The summed E-state index contributed by atoms with van der Waals surface area (Å²) in [5, 5.41) is 2.74. The number of rotatable bonds is 5. The van der Waals surface area contributed by atoms with Gasteiger partial charge in [-0.05, 0) is 19.1 Å². The third-order valence-corrected chi connectivity index (χ3v) is 2.32. The number of nitrogens with one attached hydrogen (secondary N) is 1. The molecule has 1 N–H and O–H groups in total. The van der Waals surface area contributed by atoms with Gasteiger partial charge in [0.05, 0.1) is 18.8 Å². The summed E-state index contributed by atoms with van der Waals surface area (Å²) in [6, 6.07) is 7.04.